The number of rotatable bonds is 3. The lowest BCUT2D eigenvalue weighted by Gasteiger charge is -2.23. The van der Waals surface area contributed by atoms with E-state index in [2.05, 4.69) is 10.5 Å². The molecule has 0 radical (unpaired) electrons. The third kappa shape index (κ3) is 3.33. The molecule has 96 valence electrons. The summed E-state index contributed by atoms with van der Waals surface area (Å²) in [7, 11) is 0. The summed E-state index contributed by atoms with van der Waals surface area (Å²) < 4.78 is 0. The Kier molecular flexibility index (Phi) is 4.74. The fourth-order valence-electron chi connectivity index (χ4n) is 1.79. The molecule has 17 heavy (non-hydrogen) atoms. The van der Waals surface area contributed by atoms with E-state index >= 15 is 0 Å². The Balaban J connectivity index is 2.75. The summed E-state index contributed by atoms with van der Waals surface area (Å²) in [4.78, 5) is 24.9. The van der Waals surface area contributed by atoms with Crippen molar-refractivity contribution in [2.45, 2.75) is 19.8 Å². The number of nitrogens with one attached hydrogen (secondary N) is 1. The third-order valence-corrected chi connectivity index (χ3v) is 2.75. The van der Waals surface area contributed by atoms with E-state index in [1.807, 2.05) is 0 Å². The summed E-state index contributed by atoms with van der Waals surface area (Å²) in [6, 6.07) is 0. The summed E-state index contributed by atoms with van der Waals surface area (Å²) in [6.07, 6.45) is 1.15. The minimum Gasteiger partial charge on any atom is -0.409 e. The van der Waals surface area contributed by atoms with Crippen molar-refractivity contribution in [1.82, 2.24) is 10.2 Å². The molecule has 7 heteroatoms. The molecule has 0 aromatic heterocycles. The fraction of sp³-hybridized carbons (Fsp3) is 0.700. The normalized spacial score (nSPS) is 19.5. The zero-order valence-electron chi connectivity index (χ0n) is 9.85. The monoisotopic (exact) mass is 242 g/mol. The maximum Gasteiger partial charge on any atom is 0.239 e. The van der Waals surface area contributed by atoms with Gasteiger partial charge in [-0.15, -0.1) is 0 Å². The second kappa shape index (κ2) is 6.07. The van der Waals surface area contributed by atoms with E-state index in [0.29, 0.717) is 25.9 Å². The van der Waals surface area contributed by atoms with Crippen molar-refractivity contribution in [3.8, 4) is 0 Å². The molecule has 0 aromatic carbocycles. The Morgan fingerprint density at radius 2 is 2.41 bits per heavy atom. The highest BCUT2D eigenvalue weighted by Gasteiger charge is 2.28. The van der Waals surface area contributed by atoms with Gasteiger partial charge < -0.3 is 21.2 Å². The van der Waals surface area contributed by atoms with Crippen LogP contribution in [-0.2, 0) is 9.59 Å². The maximum atomic E-state index is 12.1. The number of carbonyl (C=O) groups excluding carboxylic acids is 2. The lowest BCUT2D eigenvalue weighted by molar-refractivity contribution is -0.137. The number of nitrogens with two attached hydrogens (primary N) is 1. The molecule has 1 unspecified atom stereocenters. The smallest absolute Gasteiger partial charge is 0.239 e. The molecular weight excluding hydrogens is 224 g/mol. The quantitative estimate of drug-likeness (QED) is 0.258. The first-order valence-electron chi connectivity index (χ1n) is 5.63. The van der Waals surface area contributed by atoms with Gasteiger partial charge in [0.15, 0.2) is 5.84 Å². The molecule has 1 saturated heterocycles. The van der Waals surface area contributed by atoms with Gasteiger partial charge in [-0.05, 0) is 12.8 Å². The van der Waals surface area contributed by atoms with Crippen molar-refractivity contribution in [1.29, 1.82) is 0 Å². The standard InChI is InChI=1S/C10H18N4O3/c1-2-7(9(11)13-17)10(16)14-5-3-4-12-8(15)6-14/h7,17H,2-6H2,1H3,(H2,11,13)(H,12,15). The zero-order valence-corrected chi connectivity index (χ0v) is 9.85. The summed E-state index contributed by atoms with van der Waals surface area (Å²) in [5.74, 6) is -1.21. The van der Waals surface area contributed by atoms with Gasteiger partial charge in [0.25, 0.3) is 0 Å². The molecule has 0 aromatic rings. The highest BCUT2D eigenvalue weighted by atomic mass is 16.4. The van der Waals surface area contributed by atoms with Gasteiger partial charge in [-0.1, -0.05) is 12.1 Å². The summed E-state index contributed by atoms with van der Waals surface area (Å²) in [6.45, 7) is 2.89. The predicted octanol–water partition coefficient (Wildman–Crippen LogP) is -0.892. The van der Waals surface area contributed by atoms with Crippen LogP contribution < -0.4 is 11.1 Å². The number of amidine groups is 1. The van der Waals surface area contributed by atoms with Crippen LogP contribution in [0.4, 0.5) is 0 Å². The van der Waals surface area contributed by atoms with E-state index in [1.165, 1.54) is 4.90 Å². The molecular formula is C10H18N4O3. The van der Waals surface area contributed by atoms with Gasteiger partial charge in [-0.3, -0.25) is 9.59 Å². The van der Waals surface area contributed by atoms with Crippen LogP contribution in [0.15, 0.2) is 5.16 Å². The number of nitrogens with zero attached hydrogens (tertiary/aromatic N) is 2. The highest BCUT2D eigenvalue weighted by molar-refractivity contribution is 6.02. The molecule has 4 N–H and O–H groups in total. The first kappa shape index (κ1) is 13.3. The van der Waals surface area contributed by atoms with E-state index in [-0.39, 0.29) is 24.2 Å². The molecule has 1 aliphatic rings. The van der Waals surface area contributed by atoms with Crippen LogP contribution in [-0.4, -0.2) is 47.4 Å². The predicted molar refractivity (Wildman–Crippen MR) is 61.4 cm³/mol. The van der Waals surface area contributed by atoms with Crippen molar-refractivity contribution >= 4 is 17.6 Å². The van der Waals surface area contributed by atoms with Crippen molar-refractivity contribution in [3.05, 3.63) is 0 Å². The SMILES string of the molecule is CCC(C(=O)N1CCCNC(=O)C1)C(N)=NO. The minimum atomic E-state index is -0.661. The van der Waals surface area contributed by atoms with Crippen molar-refractivity contribution in [2.24, 2.45) is 16.8 Å². The minimum absolute atomic E-state index is 0.0358. The zero-order chi connectivity index (χ0) is 12.8. The Morgan fingerprint density at radius 3 is 3.00 bits per heavy atom. The van der Waals surface area contributed by atoms with E-state index in [9.17, 15) is 9.59 Å². The molecule has 1 aliphatic heterocycles. The van der Waals surface area contributed by atoms with Crippen LogP contribution >= 0.6 is 0 Å². The van der Waals surface area contributed by atoms with E-state index in [4.69, 9.17) is 10.9 Å². The van der Waals surface area contributed by atoms with Gasteiger partial charge in [-0.2, -0.15) is 0 Å². The number of amides is 2. The topological polar surface area (TPSA) is 108 Å². The molecule has 1 atom stereocenters. The van der Waals surface area contributed by atoms with Crippen LogP contribution in [0.3, 0.4) is 0 Å². The van der Waals surface area contributed by atoms with Crippen LogP contribution in [0.25, 0.3) is 0 Å². The molecule has 7 nitrogen and oxygen atoms in total. The molecule has 0 saturated carbocycles. The second-order valence-corrected chi connectivity index (χ2v) is 3.95. The lowest BCUT2D eigenvalue weighted by Crippen LogP contribution is -2.44. The van der Waals surface area contributed by atoms with E-state index in [0.717, 1.165) is 0 Å². The van der Waals surface area contributed by atoms with E-state index in [1.54, 1.807) is 6.92 Å². The van der Waals surface area contributed by atoms with E-state index < -0.39 is 5.92 Å². The first-order valence-corrected chi connectivity index (χ1v) is 5.63. The van der Waals surface area contributed by atoms with Gasteiger partial charge in [0.1, 0.15) is 0 Å². The second-order valence-electron chi connectivity index (χ2n) is 3.95. The lowest BCUT2D eigenvalue weighted by atomic mass is 10.0. The molecule has 0 bridgehead atoms. The van der Waals surface area contributed by atoms with Crippen molar-refractivity contribution < 1.29 is 14.8 Å². The third-order valence-electron chi connectivity index (χ3n) is 2.75. The maximum absolute atomic E-state index is 12.1. The number of carbonyl (C=O) groups is 2. The average Bonchev–Trinajstić information content (AvgIpc) is 2.54. The number of oxime groups is 1. The molecule has 0 spiro atoms. The Labute approximate surface area is 99.6 Å². The van der Waals surface area contributed by atoms with Gasteiger partial charge in [0.05, 0.1) is 12.5 Å². The van der Waals surface area contributed by atoms with Gasteiger partial charge in [0.2, 0.25) is 11.8 Å². The van der Waals surface area contributed by atoms with Crippen molar-refractivity contribution in [3.63, 3.8) is 0 Å². The van der Waals surface area contributed by atoms with Crippen LogP contribution in [0, 0.1) is 5.92 Å². The first-order chi connectivity index (χ1) is 8.10. The summed E-state index contributed by atoms with van der Waals surface area (Å²) >= 11 is 0. The fourth-order valence-corrected chi connectivity index (χ4v) is 1.79. The summed E-state index contributed by atoms with van der Waals surface area (Å²) in [5, 5.41) is 14.2. The van der Waals surface area contributed by atoms with Crippen LogP contribution in [0.2, 0.25) is 0 Å². The molecule has 0 aliphatic carbocycles. The van der Waals surface area contributed by atoms with Crippen LogP contribution in [0.1, 0.15) is 19.8 Å². The summed E-state index contributed by atoms with van der Waals surface area (Å²) in [5.41, 5.74) is 5.46. The molecule has 1 fully saturated rings. The Bertz CT molecular complexity index is 330. The molecule has 2 amide bonds. The Morgan fingerprint density at radius 1 is 1.71 bits per heavy atom. The molecule has 1 rings (SSSR count). The van der Waals surface area contributed by atoms with Crippen molar-refractivity contribution in [2.75, 3.05) is 19.6 Å². The van der Waals surface area contributed by atoms with Crippen LogP contribution in [0.5, 0.6) is 0 Å². The largest absolute Gasteiger partial charge is 0.409 e. The average molecular weight is 242 g/mol. The molecule has 1 heterocycles. The number of hydrogen-bond acceptors (Lipinski definition) is 4. The van der Waals surface area contributed by atoms with Gasteiger partial charge in [0, 0.05) is 13.1 Å². The van der Waals surface area contributed by atoms with Gasteiger partial charge in [-0.25, -0.2) is 0 Å². The number of hydrogen-bond donors (Lipinski definition) is 3. The van der Waals surface area contributed by atoms with Gasteiger partial charge >= 0.3 is 0 Å². The Hall–Kier alpha value is -1.79. The highest BCUT2D eigenvalue weighted by Crippen LogP contribution is 2.10.